The maximum absolute atomic E-state index is 14.7. The van der Waals surface area contributed by atoms with E-state index in [9.17, 15) is 49.2 Å². The van der Waals surface area contributed by atoms with Crippen LogP contribution in [0.1, 0.15) is 13.8 Å². The van der Waals surface area contributed by atoms with Crippen molar-refractivity contribution in [2.75, 3.05) is 30.9 Å². The first kappa shape index (κ1) is 35.8. The van der Waals surface area contributed by atoms with Crippen molar-refractivity contribution < 1.29 is 63.2 Å². The van der Waals surface area contributed by atoms with Crippen molar-refractivity contribution in [3.63, 3.8) is 0 Å². The van der Waals surface area contributed by atoms with E-state index >= 15 is 0 Å². The number of phenolic OH excluding ortho intramolecular Hbond substituents is 2. The van der Waals surface area contributed by atoms with Crippen molar-refractivity contribution in [1.29, 1.82) is 0 Å². The van der Waals surface area contributed by atoms with Gasteiger partial charge in [0.05, 0.1) is 25.5 Å². The van der Waals surface area contributed by atoms with Crippen LogP contribution in [0.5, 0.6) is 23.0 Å². The highest BCUT2D eigenvalue weighted by molar-refractivity contribution is 6.06. The largest absolute Gasteiger partial charge is 0.549 e. The summed E-state index contributed by atoms with van der Waals surface area (Å²) in [5, 5.41) is 44.7. The molecule has 1 heterocycles. The van der Waals surface area contributed by atoms with Crippen molar-refractivity contribution in [2.24, 2.45) is 5.84 Å². The van der Waals surface area contributed by atoms with Gasteiger partial charge in [-0.2, -0.15) is 10.6 Å². The van der Waals surface area contributed by atoms with Crippen molar-refractivity contribution in [1.82, 2.24) is 9.91 Å². The summed E-state index contributed by atoms with van der Waals surface area (Å²) in [7, 11) is 3.44. The number of ether oxygens (including phenoxy) is 2. The minimum Gasteiger partial charge on any atom is -0.504 e. The fourth-order valence-electron chi connectivity index (χ4n) is 5.87. The number of carboxylic acid groups (broad SMARTS) is 2. The van der Waals surface area contributed by atoms with E-state index in [0.29, 0.717) is 9.80 Å². The highest BCUT2D eigenvalue weighted by Gasteiger charge is 2.80. The summed E-state index contributed by atoms with van der Waals surface area (Å²) in [5.74, 6) is -0.836. The number of quaternary nitrogens is 2. The van der Waals surface area contributed by atoms with E-state index in [4.69, 9.17) is 15.3 Å². The number of imide groups is 1. The molecule has 5 amide bonds. The molecule has 0 spiro atoms. The second-order valence-corrected chi connectivity index (χ2v) is 11.3. The molecular formula is C31H34N6O12+2. The Morgan fingerprint density at radius 3 is 1.90 bits per heavy atom. The zero-order valence-electron chi connectivity index (χ0n) is 26.8. The fraction of sp³-hybridized carbons (Fsp3) is 0.226. The van der Waals surface area contributed by atoms with Gasteiger partial charge in [-0.05, 0) is 31.3 Å². The summed E-state index contributed by atoms with van der Waals surface area (Å²) < 4.78 is 7.49. The Morgan fingerprint density at radius 1 is 0.816 bits per heavy atom. The number of nitrogens with two attached hydrogens (primary N) is 1. The molecule has 0 aromatic heterocycles. The molecule has 3 atom stereocenters. The summed E-state index contributed by atoms with van der Waals surface area (Å²) in [4.78, 5) is 80.8. The quantitative estimate of drug-likeness (QED) is 0.0380. The van der Waals surface area contributed by atoms with Gasteiger partial charge in [0.2, 0.25) is 6.04 Å². The Balaban J connectivity index is 2.23. The average molecular weight is 683 g/mol. The molecule has 0 bridgehead atoms. The Morgan fingerprint density at radius 2 is 1.39 bits per heavy atom. The predicted octanol–water partition coefficient (Wildman–Crippen LogP) is 2.48. The summed E-state index contributed by atoms with van der Waals surface area (Å²) in [6.45, 7) is 2.09. The molecule has 4 rings (SSSR count). The number of aromatic hydroxyl groups is 2. The lowest BCUT2D eigenvalue weighted by molar-refractivity contribution is -0.739. The normalized spacial score (nSPS) is 21.4. The number of hydrogen-bond acceptors (Lipinski definition) is 12. The number of amides is 5. The van der Waals surface area contributed by atoms with Crippen LogP contribution in [-0.4, -0.2) is 93.9 Å². The molecule has 1 saturated heterocycles. The minimum absolute atomic E-state index is 0.104. The molecule has 3 unspecified atom stereocenters. The standard InChI is InChI=1S/C31H32N6O12/c1-17(38)48-24-14-12-20(16-25(24)49-18(2)39)35(29(45)46)31(33-3)26(34(28(43)44)19-11-13-22(40)23(41)15-19)27(42)36(4,5)30(47)37(31,32)21-9-7-6-8-10-21/h6-16,26,33H,32H2,1-5H3,(H2-2,40,41,43,44,45,46)/p+2. The molecule has 0 saturated carbocycles. The first-order chi connectivity index (χ1) is 22.9. The lowest BCUT2D eigenvalue weighted by Gasteiger charge is -2.57. The van der Waals surface area contributed by atoms with Gasteiger partial charge in [-0.25, -0.2) is 24.6 Å². The number of esters is 2. The molecule has 0 aliphatic carbocycles. The second-order valence-electron chi connectivity index (χ2n) is 11.3. The van der Waals surface area contributed by atoms with Gasteiger partial charge in [0.15, 0.2) is 28.7 Å². The van der Waals surface area contributed by atoms with Crippen LogP contribution < -0.4 is 35.0 Å². The van der Waals surface area contributed by atoms with Crippen LogP contribution in [0.2, 0.25) is 0 Å². The number of para-hydroxylation sites is 1. The van der Waals surface area contributed by atoms with Crippen LogP contribution in [0.25, 0.3) is 0 Å². The topological polar surface area (TPSA) is 246 Å². The Labute approximate surface area is 278 Å². The molecule has 18 nitrogen and oxygen atoms in total. The third kappa shape index (κ3) is 5.74. The first-order valence-electron chi connectivity index (χ1n) is 14.3. The number of carbonyl (C=O) groups excluding carboxylic acids is 4. The van der Waals surface area contributed by atoms with Gasteiger partial charge in [0.1, 0.15) is 0 Å². The molecular weight excluding hydrogens is 648 g/mol. The maximum atomic E-state index is 14.7. The van der Waals surface area contributed by atoms with Crippen LogP contribution in [0.15, 0.2) is 66.7 Å². The van der Waals surface area contributed by atoms with Gasteiger partial charge in [-0.1, -0.05) is 22.8 Å². The lowest BCUT2D eigenvalue weighted by atomic mass is 9.93. The molecule has 1 aliphatic rings. The van der Waals surface area contributed by atoms with Gasteiger partial charge in [-0.15, -0.1) is 4.48 Å². The number of rotatable bonds is 8. The molecule has 1 aliphatic heterocycles. The molecule has 18 heteroatoms. The van der Waals surface area contributed by atoms with E-state index < -0.39 is 85.6 Å². The number of hydrogen-bond donors (Lipinski definition) is 6. The molecule has 258 valence electrons. The number of nitrogens with one attached hydrogen (secondary N) is 1. The van der Waals surface area contributed by atoms with Crippen LogP contribution in [0.4, 0.5) is 31.4 Å². The van der Waals surface area contributed by atoms with E-state index in [1.807, 2.05) is 0 Å². The Kier molecular flexibility index (Phi) is 9.38. The lowest BCUT2D eigenvalue weighted by Crippen LogP contribution is -2.97. The van der Waals surface area contributed by atoms with Gasteiger partial charge in [0, 0.05) is 38.1 Å². The SMILES string of the molecule is CNC1(N(C(=O)O)c2ccc(OC(C)=O)c(OC(C)=O)c2)C(N(C(=O)O)c2ccc(O)c(O)c2)C(=O)[N+](C)(C)C(=O)[N+]1(N)c1ccccc1. The van der Waals surface area contributed by atoms with Gasteiger partial charge >= 0.3 is 41.9 Å². The van der Waals surface area contributed by atoms with Crippen LogP contribution in [-0.2, 0) is 14.4 Å². The monoisotopic (exact) mass is 682 g/mol. The van der Waals surface area contributed by atoms with E-state index in [2.05, 4.69) is 5.32 Å². The zero-order chi connectivity index (χ0) is 36.6. The van der Waals surface area contributed by atoms with Gasteiger partial charge in [-0.3, -0.25) is 14.5 Å². The van der Waals surface area contributed by atoms with Gasteiger partial charge < -0.3 is 29.9 Å². The molecule has 7 N–H and O–H groups in total. The van der Waals surface area contributed by atoms with Crippen LogP contribution in [0, 0.1) is 0 Å². The fourth-order valence-corrected chi connectivity index (χ4v) is 5.87. The molecule has 0 radical (unpaired) electrons. The number of phenols is 2. The smallest absolute Gasteiger partial charge is 0.504 e. The van der Waals surface area contributed by atoms with E-state index in [1.54, 1.807) is 6.07 Å². The molecule has 1 fully saturated rings. The number of likely N-dealkylation sites (N-methyl/N-ethyl adjacent to an activating group) is 2. The van der Waals surface area contributed by atoms with Crippen molar-refractivity contribution in [3.8, 4) is 23.0 Å². The number of anilines is 2. The van der Waals surface area contributed by atoms with Crippen molar-refractivity contribution >= 4 is 53.1 Å². The third-order valence-corrected chi connectivity index (χ3v) is 7.94. The van der Waals surface area contributed by atoms with E-state index in [-0.39, 0.29) is 11.4 Å². The highest BCUT2D eigenvalue weighted by atomic mass is 16.6. The van der Waals surface area contributed by atoms with Crippen LogP contribution in [0.3, 0.4) is 0 Å². The Hall–Kier alpha value is -6.08. The van der Waals surface area contributed by atoms with Gasteiger partial charge in [0.25, 0.3) is 0 Å². The second kappa shape index (κ2) is 12.8. The van der Waals surface area contributed by atoms with E-state index in [0.717, 1.165) is 71.4 Å². The Bertz CT molecular complexity index is 1870. The zero-order valence-corrected chi connectivity index (χ0v) is 26.8. The number of benzene rings is 3. The molecule has 3 aromatic carbocycles. The maximum Gasteiger partial charge on any atom is 0.549 e. The summed E-state index contributed by atoms with van der Waals surface area (Å²) in [5.41, 5.74) is -0.965. The highest BCUT2D eigenvalue weighted by Crippen LogP contribution is 2.46. The summed E-state index contributed by atoms with van der Waals surface area (Å²) >= 11 is 0. The third-order valence-electron chi connectivity index (χ3n) is 7.94. The van der Waals surface area contributed by atoms with E-state index in [1.165, 1.54) is 24.3 Å². The van der Waals surface area contributed by atoms with Crippen molar-refractivity contribution in [2.45, 2.75) is 25.7 Å². The molecule has 3 aromatic rings. The summed E-state index contributed by atoms with van der Waals surface area (Å²) in [6.07, 6.45) is -3.74. The minimum atomic E-state index is -2.86. The number of urea groups is 1. The number of carbonyl (C=O) groups is 6. The van der Waals surface area contributed by atoms with Crippen molar-refractivity contribution in [3.05, 3.63) is 66.7 Å². The molecule has 49 heavy (non-hydrogen) atoms. The van der Waals surface area contributed by atoms with Crippen LogP contribution >= 0.6 is 0 Å². The predicted molar refractivity (Wildman–Crippen MR) is 170 cm³/mol. The first-order valence-corrected chi connectivity index (χ1v) is 14.3. The number of nitrogens with zero attached hydrogens (tertiary/aromatic N) is 4. The summed E-state index contributed by atoms with van der Waals surface area (Å²) in [6, 6.07) is 9.78. The average Bonchev–Trinajstić information content (AvgIpc) is 3.03.